The van der Waals surface area contributed by atoms with Crippen molar-refractivity contribution in [3.05, 3.63) is 35.9 Å². The number of rotatable bonds is 3. The first kappa shape index (κ1) is 15.7. The standard InChI is InChI=1S/C15H18F3NO2/c16-15(17,18)12-7-4-8-13(9-12)19-14(20)21-10-11-5-2-1-3-6-11/h1-3,5-6,12-13H,4,7-10H2,(H,19,20)/t12-,13+/m0/s1. The van der Waals surface area contributed by atoms with Crippen LogP contribution in [0.15, 0.2) is 30.3 Å². The summed E-state index contributed by atoms with van der Waals surface area (Å²) in [6.07, 6.45) is -3.74. The van der Waals surface area contributed by atoms with Gasteiger partial charge in [0.05, 0.1) is 5.92 Å². The fourth-order valence-electron chi connectivity index (χ4n) is 2.55. The lowest BCUT2D eigenvalue weighted by atomic mass is 9.85. The number of hydrogen-bond acceptors (Lipinski definition) is 2. The predicted octanol–water partition coefficient (Wildman–Crippen LogP) is 4.03. The van der Waals surface area contributed by atoms with E-state index in [1.165, 1.54) is 0 Å². The van der Waals surface area contributed by atoms with Crippen molar-refractivity contribution < 1.29 is 22.7 Å². The van der Waals surface area contributed by atoms with E-state index in [9.17, 15) is 18.0 Å². The number of halogens is 3. The second kappa shape index (κ2) is 6.83. The van der Waals surface area contributed by atoms with Crippen molar-refractivity contribution in [3.63, 3.8) is 0 Å². The molecule has 21 heavy (non-hydrogen) atoms. The van der Waals surface area contributed by atoms with Gasteiger partial charge >= 0.3 is 12.3 Å². The minimum Gasteiger partial charge on any atom is -0.445 e. The number of nitrogens with one attached hydrogen (secondary N) is 1. The molecule has 1 aromatic rings. The molecule has 0 aliphatic heterocycles. The number of benzene rings is 1. The van der Waals surface area contributed by atoms with E-state index in [1.807, 2.05) is 30.3 Å². The highest BCUT2D eigenvalue weighted by Crippen LogP contribution is 2.37. The SMILES string of the molecule is O=C(N[C@@H]1CCC[C@H](C(F)(F)F)C1)OCc1ccccc1. The third-order valence-corrected chi connectivity index (χ3v) is 3.67. The normalized spacial score (nSPS) is 22.6. The summed E-state index contributed by atoms with van der Waals surface area (Å²) in [6, 6.07) is 8.66. The summed E-state index contributed by atoms with van der Waals surface area (Å²) in [5.41, 5.74) is 0.837. The Bertz CT molecular complexity index is 462. The van der Waals surface area contributed by atoms with E-state index in [0.717, 1.165) is 5.56 Å². The molecule has 1 fully saturated rings. The van der Waals surface area contributed by atoms with Crippen molar-refractivity contribution in [2.75, 3.05) is 0 Å². The molecule has 0 unspecified atom stereocenters. The van der Waals surface area contributed by atoms with Crippen LogP contribution in [0.25, 0.3) is 0 Å². The van der Waals surface area contributed by atoms with E-state index in [-0.39, 0.29) is 19.4 Å². The Morgan fingerprint density at radius 1 is 1.24 bits per heavy atom. The van der Waals surface area contributed by atoms with Gasteiger partial charge in [0.1, 0.15) is 6.61 Å². The van der Waals surface area contributed by atoms with Gasteiger partial charge in [-0.05, 0) is 24.8 Å². The van der Waals surface area contributed by atoms with Gasteiger partial charge in [0, 0.05) is 6.04 Å². The second-order valence-corrected chi connectivity index (χ2v) is 5.31. The minimum atomic E-state index is -4.19. The fourth-order valence-corrected chi connectivity index (χ4v) is 2.55. The lowest BCUT2D eigenvalue weighted by Crippen LogP contribution is -2.41. The Morgan fingerprint density at radius 3 is 2.62 bits per heavy atom. The topological polar surface area (TPSA) is 38.3 Å². The van der Waals surface area contributed by atoms with Crippen LogP contribution in [-0.2, 0) is 11.3 Å². The van der Waals surface area contributed by atoms with E-state index < -0.39 is 24.2 Å². The van der Waals surface area contributed by atoms with Gasteiger partial charge in [-0.25, -0.2) is 4.79 Å². The molecule has 1 N–H and O–H groups in total. The van der Waals surface area contributed by atoms with Gasteiger partial charge in [-0.3, -0.25) is 0 Å². The van der Waals surface area contributed by atoms with Gasteiger partial charge in [-0.15, -0.1) is 0 Å². The van der Waals surface area contributed by atoms with Gasteiger partial charge < -0.3 is 10.1 Å². The first-order valence-corrected chi connectivity index (χ1v) is 6.99. The second-order valence-electron chi connectivity index (χ2n) is 5.31. The molecule has 1 aliphatic carbocycles. The lowest BCUT2D eigenvalue weighted by molar-refractivity contribution is -0.183. The van der Waals surface area contributed by atoms with Gasteiger partial charge in [-0.2, -0.15) is 13.2 Å². The van der Waals surface area contributed by atoms with E-state index in [1.54, 1.807) is 0 Å². The van der Waals surface area contributed by atoms with Crippen molar-refractivity contribution in [1.82, 2.24) is 5.32 Å². The van der Waals surface area contributed by atoms with Crippen molar-refractivity contribution in [2.45, 2.75) is 44.5 Å². The highest BCUT2D eigenvalue weighted by Gasteiger charge is 2.42. The average Bonchev–Trinajstić information content (AvgIpc) is 2.46. The van der Waals surface area contributed by atoms with Crippen LogP contribution in [0.3, 0.4) is 0 Å². The highest BCUT2D eigenvalue weighted by molar-refractivity contribution is 5.67. The third-order valence-electron chi connectivity index (χ3n) is 3.67. The van der Waals surface area contributed by atoms with Crippen molar-refractivity contribution in [2.24, 2.45) is 5.92 Å². The van der Waals surface area contributed by atoms with Crippen LogP contribution in [0, 0.1) is 5.92 Å². The largest absolute Gasteiger partial charge is 0.445 e. The maximum absolute atomic E-state index is 12.7. The molecule has 0 spiro atoms. The predicted molar refractivity (Wildman–Crippen MR) is 71.6 cm³/mol. The molecular formula is C15H18F3NO2. The monoisotopic (exact) mass is 301 g/mol. The molecule has 2 rings (SSSR count). The Balaban J connectivity index is 1.77. The molecule has 0 bridgehead atoms. The number of ether oxygens (including phenoxy) is 1. The summed E-state index contributed by atoms with van der Waals surface area (Å²) in [5, 5.41) is 2.53. The van der Waals surface area contributed by atoms with Crippen LogP contribution in [0.4, 0.5) is 18.0 Å². The van der Waals surface area contributed by atoms with Gasteiger partial charge in [-0.1, -0.05) is 36.8 Å². The summed E-state index contributed by atoms with van der Waals surface area (Å²) in [4.78, 5) is 11.6. The van der Waals surface area contributed by atoms with Crippen LogP contribution in [0.1, 0.15) is 31.2 Å². The highest BCUT2D eigenvalue weighted by atomic mass is 19.4. The van der Waals surface area contributed by atoms with E-state index >= 15 is 0 Å². The van der Waals surface area contributed by atoms with Crippen LogP contribution < -0.4 is 5.32 Å². The Labute approximate surface area is 121 Å². The van der Waals surface area contributed by atoms with Crippen molar-refractivity contribution in [1.29, 1.82) is 0 Å². The molecule has 3 nitrogen and oxygen atoms in total. The maximum atomic E-state index is 12.7. The van der Waals surface area contributed by atoms with Crippen LogP contribution in [-0.4, -0.2) is 18.3 Å². The number of alkyl halides is 3. The molecular weight excluding hydrogens is 283 g/mol. The number of amides is 1. The van der Waals surface area contributed by atoms with Crippen LogP contribution >= 0.6 is 0 Å². The first-order chi connectivity index (χ1) is 9.95. The summed E-state index contributed by atoms with van der Waals surface area (Å²) in [7, 11) is 0. The smallest absolute Gasteiger partial charge is 0.407 e. The van der Waals surface area contributed by atoms with Gasteiger partial charge in [0.15, 0.2) is 0 Å². The van der Waals surface area contributed by atoms with Gasteiger partial charge in [0.25, 0.3) is 0 Å². The fraction of sp³-hybridized carbons (Fsp3) is 0.533. The van der Waals surface area contributed by atoms with Crippen LogP contribution in [0.5, 0.6) is 0 Å². The van der Waals surface area contributed by atoms with E-state index in [0.29, 0.717) is 12.8 Å². The molecule has 1 amide bonds. The van der Waals surface area contributed by atoms with Crippen molar-refractivity contribution in [3.8, 4) is 0 Å². The number of carbonyl (C=O) groups excluding carboxylic acids is 1. The van der Waals surface area contributed by atoms with Crippen LogP contribution in [0.2, 0.25) is 0 Å². The number of carbonyl (C=O) groups is 1. The lowest BCUT2D eigenvalue weighted by Gasteiger charge is -2.30. The summed E-state index contributed by atoms with van der Waals surface area (Å²) in [6.45, 7) is 0.113. The Kier molecular flexibility index (Phi) is 5.09. The quantitative estimate of drug-likeness (QED) is 0.915. The molecule has 0 radical (unpaired) electrons. The molecule has 2 atom stereocenters. The molecule has 0 heterocycles. The first-order valence-electron chi connectivity index (χ1n) is 6.99. The molecule has 0 aromatic heterocycles. The molecule has 116 valence electrons. The number of hydrogen-bond donors (Lipinski definition) is 1. The summed E-state index contributed by atoms with van der Waals surface area (Å²) in [5.74, 6) is -1.33. The summed E-state index contributed by atoms with van der Waals surface area (Å²) < 4.78 is 43.1. The molecule has 1 aromatic carbocycles. The zero-order valence-electron chi connectivity index (χ0n) is 11.5. The molecule has 1 aliphatic rings. The van der Waals surface area contributed by atoms with Gasteiger partial charge in [0.2, 0.25) is 0 Å². The zero-order chi connectivity index (χ0) is 15.3. The number of alkyl carbamates (subject to hydrolysis) is 1. The molecule has 0 saturated heterocycles. The van der Waals surface area contributed by atoms with Crippen molar-refractivity contribution >= 4 is 6.09 Å². The third kappa shape index (κ3) is 4.95. The Hall–Kier alpha value is -1.72. The van der Waals surface area contributed by atoms with E-state index in [4.69, 9.17) is 4.74 Å². The minimum absolute atomic E-state index is 0.0655. The molecule has 1 saturated carbocycles. The van der Waals surface area contributed by atoms with E-state index in [2.05, 4.69) is 5.32 Å². The summed E-state index contributed by atoms with van der Waals surface area (Å²) >= 11 is 0. The average molecular weight is 301 g/mol. The molecule has 6 heteroatoms. The Morgan fingerprint density at radius 2 is 1.95 bits per heavy atom. The maximum Gasteiger partial charge on any atom is 0.407 e. The zero-order valence-corrected chi connectivity index (χ0v) is 11.5.